The van der Waals surface area contributed by atoms with E-state index in [4.69, 9.17) is 79.1 Å². The molecule has 2 nitrogen and oxygen atoms in total. The van der Waals surface area contributed by atoms with Crippen molar-refractivity contribution in [2.24, 2.45) is 0 Å². The van der Waals surface area contributed by atoms with E-state index in [1.165, 1.54) is 6.07 Å². The van der Waals surface area contributed by atoms with Crippen molar-refractivity contribution >= 4 is 85.5 Å². The maximum Gasteiger partial charge on any atom is 0.191 e. The number of hydrogen-bond donors (Lipinski definition) is 0. The minimum atomic E-state index is 0.0679. The zero-order chi connectivity index (χ0) is 15.5. The Hall–Kier alpha value is 0.260. The monoisotopic (exact) mass is 466 g/mol. The highest BCUT2D eigenvalue weighted by Crippen LogP contribution is 2.60. The first-order chi connectivity index (χ1) is 9.82. The van der Waals surface area contributed by atoms with E-state index >= 15 is 0 Å². The molecule has 0 fully saturated rings. The summed E-state index contributed by atoms with van der Waals surface area (Å²) < 4.78 is 11.9. The lowest BCUT2D eigenvalue weighted by atomic mass is 10.2. The first-order valence-corrected chi connectivity index (χ1v) is 8.28. The molecule has 1 aliphatic rings. The van der Waals surface area contributed by atoms with Crippen molar-refractivity contribution in [1.82, 2.24) is 0 Å². The predicted octanol–water partition coefficient (Wildman–Crippen LogP) is 8.27. The van der Waals surface area contributed by atoms with Crippen LogP contribution in [0.2, 0.25) is 30.1 Å². The topological polar surface area (TPSA) is 18.5 Å². The van der Waals surface area contributed by atoms with E-state index < -0.39 is 0 Å². The molecule has 0 bridgehead atoms. The van der Waals surface area contributed by atoms with Crippen LogP contribution in [-0.4, -0.2) is 0 Å². The van der Waals surface area contributed by atoms with Crippen molar-refractivity contribution < 1.29 is 9.47 Å². The molecule has 21 heavy (non-hydrogen) atoms. The smallest absolute Gasteiger partial charge is 0.191 e. The lowest BCUT2D eigenvalue weighted by Gasteiger charge is -2.25. The van der Waals surface area contributed by atoms with Gasteiger partial charge in [-0.15, -0.1) is 0 Å². The molecule has 0 amide bonds. The van der Waals surface area contributed by atoms with E-state index in [0.717, 1.165) is 0 Å². The number of rotatable bonds is 0. The average molecular weight is 470 g/mol. The van der Waals surface area contributed by atoms with Crippen molar-refractivity contribution in [2.75, 3.05) is 0 Å². The second-order valence-corrected chi connectivity index (χ2v) is 7.05. The third-order valence-electron chi connectivity index (χ3n) is 2.68. The van der Waals surface area contributed by atoms with Crippen LogP contribution in [0.25, 0.3) is 0 Å². The van der Waals surface area contributed by atoms with E-state index in [2.05, 4.69) is 15.9 Å². The molecule has 3 rings (SSSR count). The first kappa shape index (κ1) is 16.1. The molecule has 2 aromatic carbocycles. The molecule has 0 spiro atoms. The van der Waals surface area contributed by atoms with Crippen LogP contribution in [0.5, 0.6) is 23.0 Å². The molecule has 110 valence electrons. The molecule has 1 aliphatic heterocycles. The quantitative estimate of drug-likeness (QED) is 0.244. The van der Waals surface area contributed by atoms with Crippen LogP contribution in [-0.2, 0) is 0 Å². The fourth-order valence-electron chi connectivity index (χ4n) is 1.72. The highest BCUT2D eigenvalue weighted by atomic mass is 79.9. The van der Waals surface area contributed by atoms with Gasteiger partial charge in [0.05, 0.1) is 24.6 Å². The van der Waals surface area contributed by atoms with Gasteiger partial charge < -0.3 is 9.47 Å². The summed E-state index contributed by atoms with van der Waals surface area (Å²) in [6, 6.07) is 1.51. The van der Waals surface area contributed by atoms with Gasteiger partial charge in [0.25, 0.3) is 0 Å². The Morgan fingerprint density at radius 1 is 0.619 bits per heavy atom. The third kappa shape index (κ3) is 2.47. The lowest BCUT2D eigenvalue weighted by molar-refractivity contribution is 0.358. The highest BCUT2D eigenvalue weighted by molar-refractivity contribution is 9.10. The number of fused-ring (bicyclic) bond motifs is 2. The van der Waals surface area contributed by atoms with Crippen LogP contribution >= 0.6 is 85.5 Å². The molecule has 1 heterocycles. The molecule has 0 unspecified atom stereocenters. The van der Waals surface area contributed by atoms with Crippen molar-refractivity contribution in [3.8, 4) is 23.0 Å². The van der Waals surface area contributed by atoms with Gasteiger partial charge in [0.1, 0.15) is 10.0 Å². The summed E-state index contributed by atoms with van der Waals surface area (Å²) in [5, 5.41) is 0.899. The standard InChI is InChI=1S/C12HBrCl6O2/c13-4-2(14)1-3(15)9-10(4)21-12-8(19)6(17)5(16)7(18)11(12)20-9/h1H. The first-order valence-electron chi connectivity index (χ1n) is 5.22. The molecule has 0 radical (unpaired) electrons. The normalized spacial score (nSPS) is 12.3. The van der Waals surface area contributed by atoms with E-state index in [1.807, 2.05) is 0 Å². The maximum atomic E-state index is 6.13. The van der Waals surface area contributed by atoms with Gasteiger partial charge in [-0.25, -0.2) is 0 Å². The van der Waals surface area contributed by atoms with E-state index in [0.29, 0.717) is 9.50 Å². The summed E-state index contributed by atoms with van der Waals surface area (Å²) in [7, 11) is 0. The Labute approximate surface area is 157 Å². The molecule has 2 aromatic rings. The van der Waals surface area contributed by atoms with Gasteiger partial charge in [-0.3, -0.25) is 0 Å². The van der Waals surface area contributed by atoms with Crippen molar-refractivity contribution in [2.45, 2.75) is 0 Å². The molecule has 0 N–H and O–H groups in total. The molecular formula is C12HBrCl6O2. The van der Waals surface area contributed by atoms with Crippen LogP contribution in [0, 0.1) is 0 Å². The zero-order valence-corrected chi connectivity index (χ0v) is 15.7. The Bertz CT molecular complexity index is 793. The van der Waals surface area contributed by atoms with Gasteiger partial charge in [0.2, 0.25) is 0 Å². The molecule has 0 atom stereocenters. The molecular weight excluding hydrogens is 469 g/mol. The Kier molecular flexibility index (Phi) is 4.39. The van der Waals surface area contributed by atoms with Crippen LogP contribution in [0.15, 0.2) is 10.5 Å². The molecule has 0 aromatic heterocycles. The van der Waals surface area contributed by atoms with Crippen molar-refractivity contribution in [1.29, 1.82) is 0 Å². The number of benzene rings is 2. The summed E-state index contributed by atoms with van der Waals surface area (Å²) in [5.74, 6) is 0.801. The molecule has 9 heteroatoms. The van der Waals surface area contributed by atoms with Gasteiger partial charge in [0, 0.05) is 0 Å². The SMILES string of the molecule is Clc1cc(Cl)c2c(c1Br)Oc1c(Cl)c(Cl)c(Cl)c(Cl)c1O2. The zero-order valence-electron chi connectivity index (χ0n) is 9.54. The highest BCUT2D eigenvalue weighted by Gasteiger charge is 2.32. The van der Waals surface area contributed by atoms with Gasteiger partial charge in [0.15, 0.2) is 23.0 Å². The minimum absolute atomic E-state index is 0.0679. The van der Waals surface area contributed by atoms with E-state index in [-0.39, 0.29) is 48.1 Å². The van der Waals surface area contributed by atoms with Gasteiger partial charge in [-0.1, -0.05) is 69.6 Å². The molecule has 0 aliphatic carbocycles. The number of halogens is 7. The van der Waals surface area contributed by atoms with Gasteiger partial charge >= 0.3 is 0 Å². The van der Waals surface area contributed by atoms with Crippen LogP contribution < -0.4 is 9.47 Å². The molecule has 0 saturated carbocycles. The summed E-state index contributed by atoms with van der Waals surface area (Å²) in [4.78, 5) is 0. The minimum Gasteiger partial charge on any atom is -0.446 e. The fraction of sp³-hybridized carbons (Fsp3) is 0. The van der Waals surface area contributed by atoms with E-state index in [1.54, 1.807) is 0 Å². The van der Waals surface area contributed by atoms with Crippen LogP contribution in [0.4, 0.5) is 0 Å². The van der Waals surface area contributed by atoms with Crippen LogP contribution in [0.3, 0.4) is 0 Å². The summed E-state index contributed by atoms with van der Waals surface area (Å²) in [6.45, 7) is 0. The summed E-state index contributed by atoms with van der Waals surface area (Å²) in [6.07, 6.45) is 0. The molecule has 0 saturated heterocycles. The number of ether oxygens (including phenoxy) is 2. The van der Waals surface area contributed by atoms with Gasteiger partial charge in [-0.05, 0) is 22.0 Å². The lowest BCUT2D eigenvalue weighted by Crippen LogP contribution is -2.02. The fourth-order valence-corrected chi connectivity index (χ4v) is 3.48. The van der Waals surface area contributed by atoms with Crippen LogP contribution in [0.1, 0.15) is 0 Å². The van der Waals surface area contributed by atoms with E-state index in [9.17, 15) is 0 Å². The Morgan fingerprint density at radius 2 is 1.10 bits per heavy atom. The maximum absolute atomic E-state index is 6.13. The Balaban J connectivity index is 2.30. The second kappa shape index (κ2) is 5.72. The Morgan fingerprint density at radius 3 is 1.62 bits per heavy atom. The summed E-state index contributed by atoms with van der Waals surface area (Å²) in [5.41, 5.74) is 0. The van der Waals surface area contributed by atoms with Crippen molar-refractivity contribution in [3.05, 3.63) is 40.7 Å². The largest absolute Gasteiger partial charge is 0.446 e. The predicted molar refractivity (Wildman–Crippen MR) is 90.8 cm³/mol. The number of hydrogen-bond acceptors (Lipinski definition) is 2. The second-order valence-electron chi connectivity index (χ2n) is 3.93. The third-order valence-corrected chi connectivity index (χ3v) is 6.04. The van der Waals surface area contributed by atoms with Gasteiger partial charge in [-0.2, -0.15) is 0 Å². The average Bonchev–Trinajstić information content (AvgIpc) is 2.47. The summed E-state index contributed by atoms with van der Waals surface area (Å²) >= 11 is 39.7. The van der Waals surface area contributed by atoms with Crippen molar-refractivity contribution in [3.63, 3.8) is 0 Å².